The summed E-state index contributed by atoms with van der Waals surface area (Å²) in [5, 5.41) is 7.24. The fourth-order valence-electron chi connectivity index (χ4n) is 0.714. The van der Waals surface area contributed by atoms with E-state index in [1.165, 1.54) is 0 Å². The van der Waals surface area contributed by atoms with E-state index in [0.29, 0.717) is 11.8 Å². The number of nitrogens with one attached hydrogen (secondary N) is 2. The fraction of sp³-hybridized carbons (Fsp3) is 0.500. The number of aromatic amines is 1. The molecule has 0 saturated carbocycles. The Hall–Kier alpha value is -1.39. The highest BCUT2D eigenvalue weighted by atomic mass is 15.2. The second-order valence-corrected chi connectivity index (χ2v) is 2.46. The zero-order chi connectivity index (χ0) is 8.43. The number of anilines is 1. The normalized spacial score (nSPS) is 9.73. The molecule has 60 valence electrons. The van der Waals surface area contributed by atoms with Gasteiger partial charge in [-0.05, 0) is 6.92 Å². The van der Waals surface area contributed by atoms with Crippen molar-refractivity contribution in [2.24, 2.45) is 0 Å². The maximum absolute atomic E-state index is 7.24. The third-order valence-electron chi connectivity index (χ3n) is 1.20. The number of hydrogen-bond donors (Lipinski definition) is 2. The van der Waals surface area contributed by atoms with Gasteiger partial charge in [0.1, 0.15) is 5.82 Å². The number of rotatable bonds is 1. The monoisotopic (exact) mass is 153 g/mol. The maximum atomic E-state index is 7.24. The third-order valence-corrected chi connectivity index (χ3v) is 1.20. The van der Waals surface area contributed by atoms with Crippen molar-refractivity contribution in [3.63, 3.8) is 0 Å². The molecule has 5 nitrogen and oxygen atoms in total. The molecule has 0 unspecified atom stereocenters. The summed E-state index contributed by atoms with van der Waals surface area (Å²) in [5.41, 5.74) is 0.140. The van der Waals surface area contributed by atoms with E-state index >= 15 is 0 Å². The van der Waals surface area contributed by atoms with Crippen molar-refractivity contribution in [2.45, 2.75) is 6.92 Å². The van der Waals surface area contributed by atoms with Crippen molar-refractivity contribution < 1.29 is 0 Å². The molecule has 0 spiro atoms. The molecule has 5 heteroatoms. The van der Waals surface area contributed by atoms with Crippen molar-refractivity contribution in [1.82, 2.24) is 15.0 Å². The summed E-state index contributed by atoms with van der Waals surface area (Å²) in [6.45, 7) is 1.76. The van der Waals surface area contributed by atoms with Crippen LogP contribution >= 0.6 is 0 Å². The van der Waals surface area contributed by atoms with Crippen LogP contribution in [0.5, 0.6) is 0 Å². The van der Waals surface area contributed by atoms with Gasteiger partial charge in [-0.15, -0.1) is 0 Å². The topological polar surface area (TPSA) is 68.7 Å². The van der Waals surface area contributed by atoms with Gasteiger partial charge in [0.05, 0.1) is 0 Å². The first-order chi connectivity index (χ1) is 5.09. The Labute approximate surface area is 64.6 Å². The van der Waals surface area contributed by atoms with Gasteiger partial charge in [0, 0.05) is 14.1 Å². The molecule has 0 atom stereocenters. The van der Waals surface area contributed by atoms with Crippen LogP contribution in [0.15, 0.2) is 0 Å². The van der Waals surface area contributed by atoms with E-state index in [1.807, 2.05) is 14.1 Å². The Morgan fingerprint density at radius 3 is 2.45 bits per heavy atom. The van der Waals surface area contributed by atoms with Gasteiger partial charge < -0.3 is 4.90 Å². The molecule has 0 radical (unpaired) electrons. The van der Waals surface area contributed by atoms with Crippen molar-refractivity contribution in [3.8, 4) is 0 Å². The smallest absolute Gasteiger partial charge is 0.223 e. The lowest BCUT2D eigenvalue weighted by atomic mass is 10.7. The summed E-state index contributed by atoms with van der Waals surface area (Å²) >= 11 is 0. The van der Waals surface area contributed by atoms with Gasteiger partial charge in [-0.1, -0.05) is 0 Å². The first-order valence-corrected chi connectivity index (χ1v) is 3.26. The van der Waals surface area contributed by atoms with Crippen LogP contribution in [0.1, 0.15) is 5.82 Å². The molecule has 0 saturated heterocycles. The van der Waals surface area contributed by atoms with Gasteiger partial charge >= 0.3 is 0 Å². The third kappa shape index (κ3) is 1.76. The molecular formula is C6H11N5. The highest BCUT2D eigenvalue weighted by Gasteiger charge is 1.97. The molecule has 0 fully saturated rings. The second kappa shape index (κ2) is 2.69. The summed E-state index contributed by atoms with van der Waals surface area (Å²) in [5.74, 6) is 1.26. The predicted molar refractivity (Wildman–Crippen MR) is 41.3 cm³/mol. The van der Waals surface area contributed by atoms with E-state index in [4.69, 9.17) is 5.41 Å². The van der Waals surface area contributed by atoms with E-state index in [0.717, 1.165) is 0 Å². The second-order valence-electron chi connectivity index (χ2n) is 2.46. The van der Waals surface area contributed by atoms with Crippen LogP contribution < -0.4 is 10.5 Å². The average molecular weight is 153 g/mol. The van der Waals surface area contributed by atoms with Crippen LogP contribution in [0.25, 0.3) is 0 Å². The molecular weight excluding hydrogens is 142 g/mol. The Balaban J connectivity index is 3.19. The van der Waals surface area contributed by atoms with Gasteiger partial charge in [-0.2, -0.15) is 9.97 Å². The van der Waals surface area contributed by atoms with E-state index in [-0.39, 0.29) is 5.62 Å². The quantitative estimate of drug-likeness (QED) is 0.580. The summed E-state index contributed by atoms with van der Waals surface area (Å²) in [7, 11) is 3.72. The molecule has 1 aromatic rings. The lowest BCUT2D eigenvalue weighted by molar-refractivity contribution is 0.844. The molecule has 11 heavy (non-hydrogen) atoms. The van der Waals surface area contributed by atoms with Gasteiger partial charge in [0.25, 0.3) is 0 Å². The van der Waals surface area contributed by atoms with E-state index in [9.17, 15) is 0 Å². The largest absolute Gasteiger partial charge is 0.348 e. The van der Waals surface area contributed by atoms with Crippen molar-refractivity contribution in [2.75, 3.05) is 19.0 Å². The molecule has 1 heterocycles. The molecule has 1 rings (SSSR count). The number of aromatic nitrogens is 3. The Kier molecular flexibility index (Phi) is 1.89. The standard InChI is InChI=1S/C6H11N5/c1-4-8-5(7)10-6(9-4)11(2)3/h1-3H3,(H2,7,8,9,10). The summed E-state index contributed by atoms with van der Waals surface area (Å²) < 4.78 is 0. The minimum absolute atomic E-state index is 0.140. The average Bonchev–Trinajstić information content (AvgIpc) is 1.85. The van der Waals surface area contributed by atoms with Crippen molar-refractivity contribution >= 4 is 5.95 Å². The number of H-pyrrole nitrogens is 1. The van der Waals surface area contributed by atoms with Crippen LogP contribution in [0.4, 0.5) is 5.95 Å². The van der Waals surface area contributed by atoms with Gasteiger partial charge in [0.2, 0.25) is 11.6 Å². The Bertz CT molecular complexity index is 300. The Morgan fingerprint density at radius 2 is 2.00 bits per heavy atom. The molecule has 0 aliphatic heterocycles. The van der Waals surface area contributed by atoms with Crippen molar-refractivity contribution in [1.29, 1.82) is 5.41 Å². The van der Waals surface area contributed by atoms with Gasteiger partial charge in [0.15, 0.2) is 0 Å². The first-order valence-electron chi connectivity index (χ1n) is 3.26. The van der Waals surface area contributed by atoms with Crippen molar-refractivity contribution in [3.05, 3.63) is 11.4 Å². The number of aryl methyl sites for hydroxylation is 1. The van der Waals surface area contributed by atoms with Gasteiger partial charge in [-0.3, -0.25) is 10.4 Å². The molecule has 2 N–H and O–H groups in total. The lowest BCUT2D eigenvalue weighted by Crippen LogP contribution is -2.21. The lowest BCUT2D eigenvalue weighted by Gasteiger charge is -2.09. The first kappa shape index (κ1) is 7.71. The molecule has 1 aromatic heterocycles. The highest BCUT2D eigenvalue weighted by Crippen LogP contribution is 1.96. The van der Waals surface area contributed by atoms with Crippen LogP contribution in [0.3, 0.4) is 0 Å². The SMILES string of the molecule is Cc1nc(N(C)C)[nH]c(=N)n1. The number of nitrogens with zero attached hydrogens (tertiary/aromatic N) is 3. The van der Waals surface area contributed by atoms with Crippen LogP contribution in [0.2, 0.25) is 0 Å². The Morgan fingerprint density at radius 1 is 1.36 bits per heavy atom. The fourth-order valence-corrected chi connectivity index (χ4v) is 0.714. The zero-order valence-corrected chi connectivity index (χ0v) is 6.84. The minimum atomic E-state index is 0.140. The molecule has 0 bridgehead atoms. The zero-order valence-electron chi connectivity index (χ0n) is 6.84. The molecule has 0 aromatic carbocycles. The summed E-state index contributed by atoms with van der Waals surface area (Å²) in [4.78, 5) is 12.4. The maximum Gasteiger partial charge on any atom is 0.223 e. The predicted octanol–water partition coefficient (Wildman–Crippen LogP) is -0.341. The van der Waals surface area contributed by atoms with E-state index in [1.54, 1.807) is 11.8 Å². The summed E-state index contributed by atoms with van der Waals surface area (Å²) in [6, 6.07) is 0. The molecule has 0 amide bonds. The molecule has 0 aliphatic carbocycles. The highest BCUT2D eigenvalue weighted by molar-refractivity contribution is 5.24. The minimum Gasteiger partial charge on any atom is -0.348 e. The van der Waals surface area contributed by atoms with Gasteiger partial charge in [-0.25, -0.2) is 0 Å². The van der Waals surface area contributed by atoms with Crippen LogP contribution in [-0.4, -0.2) is 29.0 Å². The summed E-state index contributed by atoms with van der Waals surface area (Å²) in [6.07, 6.45) is 0. The molecule has 0 aliphatic rings. The number of hydrogen-bond acceptors (Lipinski definition) is 4. The van der Waals surface area contributed by atoms with Crippen LogP contribution in [0, 0.1) is 12.3 Å². The van der Waals surface area contributed by atoms with E-state index in [2.05, 4.69) is 15.0 Å². The van der Waals surface area contributed by atoms with Crippen LogP contribution in [-0.2, 0) is 0 Å². The van der Waals surface area contributed by atoms with E-state index < -0.39 is 0 Å².